The summed E-state index contributed by atoms with van der Waals surface area (Å²) >= 11 is 0. The van der Waals surface area contributed by atoms with Crippen LogP contribution in [0.4, 0.5) is 0 Å². The van der Waals surface area contributed by atoms with Crippen LogP contribution in [0.25, 0.3) is 0 Å². The molecule has 0 aromatic heterocycles. The molecular weight excluding hydrogens is 250 g/mol. The molecule has 0 atom stereocenters. The Hall–Kier alpha value is -1.37. The van der Waals surface area contributed by atoms with Crippen molar-refractivity contribution in [2.45, 2.75) is 13.3 Å². The zero-order valence-corrected chi connectivity index (χ0v) is 11.6. The summed E-state index contributed by atoms with van der Waals surface area (Å²) in [4.78, 5) is 0. The fourth-order valence-corrected chi connectivity index (χ4v) is 1.23. The molecule has 0 fully saturated rings. The first kappa shape index (κ1) is 16.6. The number of rotatable bonds is 6. The van der Waals surface area contributed by atoms with Crippen LogP contribution in [0, 0.1) is 11.8 Å². The van der Waals surface area contributed by atoms with E-state index < -0.39 is 0 Å². The van der Waals surface area contributed by atoms with Crippen LogP contribution in [0.15, 0.2) is 24.3 Å². The number of hydrogen-bond acceptors (Lipinski definition) is 3. The lowest BCUT2D eigenvalue weighted by Crippen LogP contribution is -3.00. The van der Waals surface area contributed by atoms with Crippen LogP contribution in [0.2, 0.25) is 0 Å². The van der Waals surface area contributed by atoms with E-state index in [1.165, 1.54) is 0 Å². The van der Waals surface area contributed by atoms with Gasteiger partial charge < -0.3 is 27.2 Å². The van der Waals surface area contributed by atoms with Crippen molar-refractivity contribution in [1.82, 2.24) is 5.32 Å². The number of nitrogens with one attached hydrogen (secondary N) is 1. The summed E-state index contributed by atoms with van der Waals surface area (Å²) in [6.07, 6.45) is 1.13. The summed E-state index contributed by atoms with van der Waals surface area (Å²) in [5.41, 5.74) is 0. The van der Waals surface area contributed by atoms with Crippen LogP contribution in [-0.4, -0.2) is 26.8 Å². The van der Waals surface area contributed by atoms with Gasteiger partial charge in [-0.3, -0.25) is 0 Å². The number of benzene rings is 1. The highest BCUT2D eigenvalue weighted by molar-refractivity contribution is 5.31. The first-order chi connectivity index (χ1) is 8.36. The monoisotopic (exact) mass is 268 g/mol. The average molecular weight is 269 g/mol. The van der Waals surface area contributed by atoms with Crippen molar-refractivity contribution >= 4 is 0 Å². The molecule has 1 rings (SSSR count). The molecule has 100 valence electrons. The Morgan fingerprint density at radius 2 is 1.78 bits per heavy atom. The van der Waals surface area contributed by atoms with E-state index in [4.69, 9.17) is 9.47 Å². The summed E-state index contributed by atoms with van der Waals surface area (Å²) in [6, 6.07) is 7.48. The first-order valence-electron chi connectivity index (χ1n) is 5.80. The lowest BCUT2D eigenvalue weighted by atomic mass is 10.3. The third kappa shape index (κ3) is 7.05. The number of methoxy groups -OCH3 is 1. The molecule has 0 spiro atoms. The molecule has 0 aliphatic carbocycles. The van der Waals surface area contributed by atoms with Gasteiger partial charge in [0.25, 0.3) is 0 Å². The van der Waals surface area contributed by atoms with Gasteiger partial charge in [0.2, 0.25) is 0 Å². The molecule has 0 aliphatic heterocycles. The lowest BCUT2D eigenvalue weighted by Gasteiger charge is -2.03. The van der Waals surface area contributed by atoms with Crippen molar-refractivity contribution in [3.63, 3.8) is 0 Å². The predicted octanol–water partition coefficient (Wildman–Crippen LogP) is -0.919. The van der Waals surface area contributed by atoms with Gasteiger partial charge in [-0.15, -0.1) is 0 Å². The second-order valence-electron chi connectivity index (χ2n) is 3.49. The minimum absolute atomic E-state index is 0. The first-order valence-corrected chi connectivity index (χ1v) is 5.80. The maximum Gasteiger partial charge on any atom is 0.149 e. The molecule has 1 N–H and O–H groups in total. The van der Waals surface area contributed by atoms with E-state index in [1.54, 1.807) is 7.11 Å². The topological polar surface area (TPSA) is 30.5 Å². The minimum atomic E-state index is 0. The van der Waals surface area contributed by atoms with E-state index in [2.05, 4.69) is 24.1 Å². The van der Waals surface area contributed by atoms with Gasteiger partial charge in [-0.1, -0.05) is 18.8 Å². The van der Waals surface area contributed by atoms with Crippen molar-refractivity contribution in [1.29, 1.82) is 0 Å². The van der Waals surface area contributed by atoms with Crippen molar-refractivity contribution in [3.8, 4) is 23.3 Å². The zero-order valence-electron chi connectivity index (χ0n) is 10.8. The Morgan fingerprint density at radius 3 is 2.39 bits per heavy atom. The summed E-state index contributed by atoms with van der Waals surface area (Å²) in [5.74, 6) is 7.59. The second-order valence-corrected chi connectivity index (χ2v) is 3.49. The van der Waals surface area contributed by atoms with Crippen molar-refractivity contribution in [2.75, 3.05) is 26.8 Å². The smallest absolute Gasteiger partial charge is 0.149 e. The van der Waals surface area contributed by atoms with Gasteiger partial charge in [0, 0.05) is 0 Å². The molecule has 1 aromatic rings. The molecule has 1 aromatic carbocycles. The van der Waals surface area contributed by atoms with E-state index in [0.717, 1.165) is 31.0 Å². The van der Waals surface area contributed by atoms with Gasteiger partial charge in [-0.05, 0) is 37.2 Å². The molecule has 3 nitrogen and oxygen atoms in total. The van der Waals surface area contributed by atoms with Gasteiger partial charge in [-0.25, -0.2) is 0 Å². The highest BCUT2D eigenvalue weighted by Gasteiger charge is 1.92. The molecule has 0 amide bonds. The van der Waals surface area contributed by atoms with Crippen molar-refractivity contribution < 1.29 is 21.9 Å². The molecular formula is C14H19ClNO2-. The molecule has 0 aliphatic rings. The SMILES string of the molecule is CCCNCC#CCOc1ccc(OC)cc1.[Cl-]. The molecule has 0 saturated heterocycles. The lowest BCUT2D eigenvalue weighted by molar-refractivity contribution is -0.00000429. The van der Waals surface area contributed by atoms with Gasteiger partial charge >= 0.3 is 0 Å². The second kappa shape index (κ2) is 10.8. The third-order valence-electron chi connectivity index (χ3n) is 2.14. The Labute approximate surface area is 115 Å². The third-order valence-corrected chi connectivity index (χ3v) is 2.14. The van der Waals surface area contributed by atoms with Crippen LogP contribution in [-0.2, 0) is 0 Å². The largest absolute Gasteiger partial charge is 1.00 e. The molecule has 0 saturated carbocycles. The summed E-state index contributed by atoms with van der Waals surface area (Å²) < 4.78 is 10.5. The van der Waals surface area contributed by atoms with Gasteiger partial charge in [0.05, 0.1) is 13.7 Å². The van der Waals surface area contributed by atoms with E-state index in [1.807, 2.05) is 24.3 Å². The van der Waals surface area contributed by atoms with Gasteiger partial charge in [0.1, 0.15) is 18.1 Å². The van der Waals surface area contributed by atoms with Crippen LogP contribution < -0.4 is 27.2 Å². The van der Waals surface area contributed by atoms with Crippen LogP contribution in [0.5, 0.6) is 11.5 Å². The van der Waals surface area contributed by atoms with Crippen molar-refractivity contribution in [3.05, 3.63) is 24.3 Å². The Bertz CT molecular complexity index is 368. The van der Waals surface area contributed by atoms with Crippen LogP contribution >= 0.6 is 0 Å². The molecule has 4 heteroatoms. The molecule has 0 unspecified atom stereocenters. The van der Waals surface area contributed by atoms with Crippen LogP contribution in [0.3, 0.4) is 0 Å². The number of hydrogen-bond donors (Lipinski definition) is 1. The minimum Gasteiger partial charge on any atom is -1.00 e. The van der Waals surface area contributed by atoms with E-state index >= 15 is 0 Å². The number of ether oxygens (including phenoxy) is 2. The molecule has 18 heavy (non-hydrogen) atoms. The van der Waals surface area contributed by atoms with Crippen LogP contribution in [0.1, 0.15) is 13.3 Å². The highest BCUT2D eigenvalue weighted by atomic mass is 35.5. The normalized spacial score (nSPS) is 8.78. The Morgan fingerprint density at radius 1 is 1.11 bits per heavy atom. The highest BCUT2D eigenvalue weighted by Crippen LogP contribution is 2.16. The summed E-state index contributed by atoms with van der Waals surface area (Å²) in [6.45, 7) is 4.28. The fourth-order valence-electron chi connectivity index (χ4n) is 1.23. The summed E-state index contributed by atoms with van der Waals surface area (Å²) in [5, 5.41) is 3.20. The van der Waals surface area contributed by atoms with E-state index in [0.29, 0.717) is 6.61 Å². The number of halogens is 1. The fraction of sp³-hybridized carbons (Fsp3) is 0.429. The molecule has 0 heterocycles. The predicted molar refractivity (Wildman–Crippen MR) is 69.4 cm³/mol. The maximum absolute atomic E-state index is 5.46. The van der Waals surface area contributed by atoms with Gasteiger partial charge in [-0.2, -0.15) is 0 Å². The van der Waals surface area contributed by atoms with E-state index in [-0.39, 0.29) is 12.4 Å². The molecule has 0 radical (unpaired) electrons. The van der Waals surface area contributed by atoms with Crippen molar-refractivity contribution in [2.24, 2.45) is 0 Å². The quantitative estimate of drug-likeness (QED) is 0.535. The zero-order chi connectivity index (χ0) is 12.3. The van der Waals surface area contributed by atoms with Gasteiger partial charge in [0.15, 0.2) is 0 Å². The Balaban J connectivity index is 0.00000289. The Kier molecular flexibility index (Phi) is 9.94. The standard InChI is InChI=1S/C14H19NO2.ClH/c1-3-10-15-11-4-5-12-17-14-8-6-13(16-2)7-9-14;/h6-9,15H,3,10-12H2,1-2H3;1H/p-1. The summed E-state index contributed by atoms with van der Waals surface area (Å²) in [7, 11) is 1.64. The molecule has 0 bridgehead atoms. The average Bonchev–Trinajstić information content (AvgIpc) is 2.38. The van der Waals surface area contributed by atoms with E-state index in [9.17, 15) is 0 Å². The maximum atomic E-state index is 5.46.